The molecular formula is C12H4BF24LiO4. The van der Waals surface area contributed by atoms with E-state index in [4.69, 9.17) is 0 Å². The molecule has 0 aliphatic carbocycles. The molecule has 0 fully saturated rings. The average molecular weight is 686 g/mol. The molecule has 0 aromatic carbocycles. The molecule has 0 spiro atoms. The predicted molar refractivity (Wildman–Crippen MR) is 73.7 cm³/mol. The third-order valence-corrected chi connectivity index (χ3v) is 3.59. The summed E-state index contributed by atoms with van der Waals surface area (Å²) in [4.78, 5) is 0. The normalized spacial score (nSPS) is 15.7. The van der Waals surface area contributed by atoms with E-state index in [1.54, 1.807) is 0 Å². The number of halogens is 24. The maximum absolute atomic E-state index is 12.8. The predicted octanol–water partition coefficient (Wildman–Crippen LogP) is 4.47. The second-order valence-corrected chi connectivity index (χ2v) is 6.97. The third kappa shape index (κ3) is 12.4. The first-order chi connectivity index (χ1) is 17.4. The van der Waals surface area contributed by atoms with Crippen molar-refractivity contribution in [3.8, 4) is 0 Å². The van der Waals surface area contributed by atoms with Crippen LogP contribution in [0.5, 0.6) is 0 Å². The van der Waals surface area contributed by atoms with Crippen LogP contribution in [-0.4, -0.2) is 80.8 Å². The summed E-state index contributed by atoms with van der Waals surface area (Å²) in [7, 11) is 0. The van der Waals surface area contributed by atoms with Crippen molar-refractivity contribution in [2.24, 2.45) is 0 Å². The molecule has 0 aromatic heterocycles. The third-order valence-electron chi connectivity index (χ3n) is 3.59. The van der Waals surface area contributed by atoms with Gasteiger partial charge in [0.2, 0.25) is 24.4 Å². The van der Waals surface area contributed by atoms with Gasteiger partial charge in [0.25, 0.3) is 0 Å². The minimum absolute atomic E-state index is 0. The van der Waals surface area contributed by atoms with E-state index in [-0.39, 0.29) is 18.9 Å². The van der Waals surface area contributed by atoms with Gasteiger partial charge in [0.1, 0.15) is 0 Å². The molecule has 0 unspecified atom stereocenters. The zero-order valence-corrected chi connectivity index (χ0v) is 18.6. The van der Waals surface area contributed by atoms with Crippen LogP contribution in [0.3, 0.4) is 0 Å². The van der Waals surface area contributed by atoms with Crippen LogP contribution in [0.2, 0.25) is 0 Å². The zero-order valence-electron chi connectivity index (χ0n) is 18.6. The van der Waals surface area contributed by atoms with Crippen LogP contribution in [0.15, 0.2) is 0 Å². The SMILES string of the molecule is FC(F)(F)C(O[B-](OC(C(F)(F)F)C(F)(F)F)(OC(C(F)(F)F)C(F)(F)F)OC(C(F)(F)F)C(F)(F)F)C(F)(F)F.[Li+]. The summed E-state index contributed by atoms with van der Waals surface area (Å²) in [5.41, 5.74) is 0. The summed E-state index contributed by atoms with van der Waals surface area (Å²) < 4.78 is 317. The van der Waals surface area contributed by atoms with Gasteiger partial charge < -0.3 is 18.6 Å². The molecule has 0 bridgehead atoms. The van der Waals surface area contributed by atoms with Gasteiger partial charge in [-0.25, -0.2) is 0 Å². The molecule has 0 aromatic rings. The fraction of sp³-hybridized carbons (Fsp3) is 1.00. The van der Waals surface area contributed by atoms with Crippen molar-refractivity contribution in [1.29, 1.82) is 0 Å². The minimum atomic E-state index is -8.49. The van der Waals surface area contributed by atoms with Crippen molar-refractivity contribution >= 4 is 6.96 Å². The van der Waals surface area contributed by atoms with Crippen LogP contribution in [-0.2, 0) is 18.6 Å². The first-order valence-corrected chi connectivity index (χ1v) is 8.73. The zero-order chi connectivity index (χ0) is 33.6. The van der Waals surface area contributed by atoms with E-state index in [9.17, 15) is 105 Å². The van der Waals surface area contributed by atoms with Gasteiger partial charge in [0, 0.05) is 0 Å². The molecule has 248 valence electrons. The van der Waals surface area contributed by atoms with Gasteiger partial charge in [0.15, 0.2) is 0 Å². The summed E-state index contributed by atoms with van der Waals surface area (Å²) in [6.45, 7) is -8.49. The van der Waals surface area contributed by atoms with E-state index >= 15 is 0 Å². The van der Waals surface area contributed by atoms with E-state index < -0.39 is 80.8 Å². The molecule has 0 amide bonds. The Labute approximate surface area is 224 Å². The molecule has 0 radical (unpaired) electrons. The molecule has 0 atom stereocenters. The smallest absolute Gasteiger partial charge is 0.503 e. The van der Waals surface area contributed by atoms with E-state index in [0.29, 0.717) is 0 Å². The van der Waals surface area contributed by atoms with Gasteiger partial charge in [-0.15, -0.1) is 0 Å². The maximum atomic E-state index is 12.8. The van der Waals surface area contributed by atoms with Crippen LogP contribution in [0.1, 0.15) is 0 Å². The Morgan fingerprint density at radius 1 is 0.262 bits per heavy atom. The van der Waals surface area contributed by atoms with Gasteiger partial charge in [-0.3, -0.25) is 0 Å². The second-order valence-electron chi connectivity index (χ2n) is 6.97. The number of hydrogen-bond donors (Lipinski definition) is 0. The molecule has 0 rings (SSSR count). The topological polar surface area (TPSA) is 36.9 Å². The Morgan fingerprint density at radius 2 is 0.357 bits per heavy atom. The Bertz CT molecular complexity index is 648. The molecule has 42 heavy (non-hydrogen) atoms. The summed E-state index contributed by atoms with van der Waals surface area (Å²) in [6.07, 6.45) is -85.7. The van der Waals surface area contributed by atoms with Crippen LogP contribution < -0.4 is 18.9 Å². The van der Waals surface area contributed by atoms with Crippen molar-refractivity contribution in [3.05, 3.63) is 0 Å². The van der Waals surface area contributed by atoms with Crippen molar-refractivity contribution in [1.82, 2.24) is 0 Å². The Balaban J connectivity index is 0. The standard InChI is InChI=1S/C12H4BF24O4.Li/c14-5(15,16)1(6(17,18)19)38-13(39-2(7(20,21)22)8(23,24)25,40-3(9(26,27)28)10(29,30)31)41-4(11(32,33)34)12(35,36)37;/h1-4H;/q-1;+1. The molecule has 0 aliphatic rings. The Hall–Kier alpha value is -1.18. The first-order valence-electron chi connectivity index (χ1n) is 8.73. The van der Waals surface area contributed by atoms with Crippen molar-refractivity contribution in [3.63, 3.8) is 0 Å². The van der Waals surface area contributed by atoms with Crippen LogP contribution in [0.25, 0.3) is 0 Å². The first kappa shape index (κ1) is 43.0. The Morgan fingerprint density at radius 3 is 0.429 bits per heavy atom. The van der Waals surface area contributed by atoms with Gasteiger partial charge in [0.05, 0.1) is 0 Å². The maximum Gasteiger partial charge on any atom is 1.00 e. The second kappa shape index (κ2) is 12.7. The van der Waals surface area contributed by atoms with Crippen molar-refractivity contribution < 1.29 is 143 Å². The van der Waals surface area contributed by atoms with Crippen molar-refractivity contribution in [2.45, 2.75) is 73.8 Å². The summed E-state index contributed by atoms with van der Waals surface area (Å²) >= 11 is 0. The summed E-state index contributed by atoms with van der Waals surface area (Å²) in [5, 5.41) is 0. The van der Waals surface area contributed by atoms with Gasteiger partial charge in [-0.05, 0) is 0 Å². The molecule has 0 N–H and O–H groups in total. The number of alkyl halides is 24. The van der Waals surface area contributed by atoms with Crippen molar-refractivity contribution in [2.75, 3.05) is 0 Å². The minimum Gasteiger partial charge on any atom is -0.503 e. The molecule has 0 saturated heterocycles. The van der Waals surface area contributed by atoms with Crippen LogP contribution in [0, 0.1) is 0 Å². The average Bonchev–Trinajstić information content (AvgIpc) is 2.58. The van der Waals surface area contributed by atoms with Crippen LogP contribution in [0.4, 0.5) is 105 Å². The fourth-order valence-corrected chi connectivity index (χ4v) is 2.22. The number of rotatable bonds is 8. The van der Waals surface area contributed by atoms with E-state index in [2.05, 4.69) is 18.6 Å². The monoisotopic (exact) mass is 686 g/mol. The van der Waals surface area contributed by atoms with Crippen LogP contribution >= 0.6 is 0 Å². The number of hydrogen-bond acceptors (Lipinski definition) is 4. The van der Waals surface area contributed by atoms with Gasteiger partial charge in [-0.2, -0.15) is 105 Å². The Kier molecular flexibility index (Phi) is 13.0. The fourth-order valence-electron chi connectivity index (χ4n) is 2.22. The summed E-state index contributed by atoms with van der Waals surface area (Å²) in [5.74, 6) is 0. The quantitative estimate of drug-likeness (QED) is 0.280. The van der Waals surface area contributed by atoms with E-state index in [0.717, 1.165) is 0 Å². The molecule has 0 saturated carbocycles. The van der Waals surface area contributed by atoms with Gasteiger partial charge in [-0.1, -0.05) is 0 Å². The van der Waals surface area contributed by atoms with E-state index in [1.807, 2.05) is 0 Å². The molecule has 30 heteroatoms. The molecule has 0 aliphatic heterocycles. The molecule has 4 nitrogen and oxygen atoms in total. The van der Waals surface area contributed by atoms with E-state index in [1.165, 1.54) is 0 Å². The van der Waals surface area contributed by atoms with Gasteiger partial charge >= 0.3 is 75.2 Å². The summed E-state index contributed by atoms with van der Waals surface area (Å²) in [6, 6.07) is 0. The molecule has 0 heterocycles. The molecular weight excluding hydrogens is 682 g/mol. The largest absolute Gasteiger partial charge is 1.00 e.